The van der Waals surface area contributed by atoms with Gasteiger partial charge in [-0.2, -0.15) is 4.31 Å². The predicted octanol–water partition coefficient (Wildman–Crippen LogP) is 4.57. The molecule has 1 fully saturated rings. The van der Waals surface area contributed by atoms with E-state index in [0.29, 0.717) is 24.4 Å². The molecular formula is C22H37NO4S2. The first kappa shape index (κ1) is 24.4. The molecule has 2 rings (SSSR count). The fourth-order valence-electron chi connectivity index (χ4n) is 3.57. The van der Waals surface area contributed by atoms with E-state index in [1.807, 2.05) is 18.2 Å². The minimum absolute atomic E-state index is 0.257. The molecule has 1 saturated heterocycles. The van der Waals surface area contributed by atoms with Crippen LogP contribution in [0, 0.1) is 0 Å². The van der Waals surface area contributed by atoms with Gasteiger partial charge < -0.3 is 0 Å². The number of rotatable bonds is 10. The summed E-state index contributed by atoms with van der Waals surface area (Å²) >= 11 is 0. The van der Waals surface area contributed by atoms with E-state index in [1.165, 1.54) is 0 Å². The van der Waals surface area contributed by atoms with Crippen LogP contribution < -0.4 is 0 Å². The Hall–Kier alpha value is -0.920. The average molecular weight is 444 g/mol. The van der Waals surface area contributed by atoms with Crippen molar-refractivity contribution in [1.29, 1.82) is 0 Å². The monoisotopic (exact) mass is 443 g/mol. The van der Waals surface area contributed by atoms with Crippen LogP contribution in [0.25, 0.3) is 0 Å². The lowest BCUT2D eigenvalue weighted by Crippen LogP contribution is -2.35. The van der Waals surface area contributed by atoms with Crippen molar-refractivity contribution >= 4 is 19.9 Å². The number of hydrogen-bond donors (Lipinski definition) is 0. The summed E-state index contributed by atoms with van der Waals surface area (Å²) in [6, 6.07) is 7.34. The topological polar surface area (TPSA) is 71.5 Å². The highest BCUT2D eigenvalue weighted by atomic mass is 32.2. The van der Waals surface area contributed by atoms with Gasteiger partial charge >= 0.3 is 0 Å². The number of hydrogen-bond acceptors (Lipinski definition) is 4. The van der Waals surface area contributed by atoms with Gasteiger partial charge in [0.15, 0.2) is 9.84 Å². The van der Waals surface area contributed by atoms with E-state index in [0.717, 1.165) is 56.9 Å². The Morgan fingerprint density at radius 2 is 1.48 bits per heavy atom. The van der Waals surface area contributed by atoms with Gasteiger partial charge in [0.2, 0.25) is 10.0 Å². The molecule has 1 aromatic carbocycles. The molecule has 0 spiro atoms. The van der Waals surface area contributed by atoms with Crippen LogP contribution in [-0.2, 0) is 26.3 Å². The molecule has 166 valence electrons. The first-order valence-electron chi connectivity index (χ1n) is 10.9. The summed E-state index contributed by atoms with van der Waals surface area (Å²) in [5.74, 6) is 0.257. The van der Waals surface area contributed by atoms with Crippen LogP contribution in [0.2, 0.25) is 0 Å². The summed E-state index contributed by atoms with van der Waals surface area (Å²) in [5.41, 5.74) is 1.05. The minimum atomic E-state index is -3.38. The minimum Gasteiger partial charge on any atom is -0.228 e. The predicted molar refractivity (Wildman–Crippen MR) is 119 cm³/mol. The molecule has 0 amide bonds. The van der Waals surface area contributed by atoms with E-state index in [2.05, 4.69) is 0 Å². The zero-order valence-corrected chi connectivity index (χ0v) is 19.8. The lowest BCUT2D eigenvalue weighted by Gasteiger charge is -2.26. The van der Waals surface area contributed by atoms with Gasteiger partial charge in [0, 0.05) is 13.1 Å². The number of nitrogens with zero attached hydrogens (tertiary/aromatic N) is 1. The summed E-state index contributed by atoms with van der Waals surface area (Å²) in [6.45, 7) is 6.50. The summed E-state index contributed by atoms with van der Waals surface area (Å²) < 4.78 is 50.8. The molecule has 0 unspecified atom stereocenters. The highest BCUT2D eigenvalue weighted by Crippen LogP contribution is 2.22. The molecule has 0 saturated carbocycles. The normalized spacial score (nSPS) is 16.8. The molecule has 29 heavy (non-hydrogen) atoms. The second-order valence-corrected chi connectivity index (χ2v) is 13.9. The molecular weight excluding hydrogens is 406 g/mol. The first-order valence-corrected chi connectivity index (χ1v) is 13.9. The van der Waals surface area contributed by atoms with Crippen molar-refractivity contribution in [2.45, 2.75) is 88.2 Å². The maximum absolute atomic E-state index is 12.8. The van der Waals surface area contributed by atoms with Gasteiger partial charge in [0.25, 0.3) is 0 Å². The van der Waals surface area contributed by atoms with Crippen LogP contribution in [0.15, 0.2) is 29.2 Å². The largest absolute Gasteiger partial charge is 0.243 e. The number of piperidine rings is 1. The zero-order valence-electron chi connectivity index (χ0n) is 18.2. The summed E-state index contributed by atoms with van der Waals surface area (Å²) in [5, 5.41) is 0. The Balaban J connectivity index is 1.76. The molecule has 0 aliphatic carbocycles. The van der Waals surface area contributed by atoms with Crippen LogP contribution in [-0.4, -0.2) is 44.7 Å². The van der Waals surface area contributed by atoms with Crippen LogP contribution >= 0.6 is 0 Å². The number of unbranched alkanes of at least 4 members (excludes halogenated alkanes) is 4. The third-order valence-electron chi connectivity index (χ3n) is 5.66. The second kappa shape index (κ2) is 10.4. The molecule has 0 radical (unpaired) electrons. The number of benzene rings is 1. The average Bonchev–Trinajstić information content (AvgIpc) is 2.67. The van der Waals surface area contributed by atoms with Crippen molar-refractivity contribution in [3.05, 3.63) is 29.8 Å². The zero-order chi connectivity index (χ0) is 21.5. The van der Waals surface area contributed by atoms with Crippen molar-refractivity contribution in [3.8, 4) is 0 Å². The Morgan fingerprint density at radius 1 is 0.862 bits per heavy atom. The molecule has 0 bridgehead atoms. The van der Waals surface area contributed by atoms with Crippen LogP contribution in [0.4, 0.5) is 0 Å². The molecule has 0 N–H and O–H groups in total. The molecule has 0 atom stereocenters. The third-order valence-corrected chi connectivity index (χ3v) is 10.2. The fourth-order valence-corrected chi connectivity index (χ4v) is 6.36. The quantitative estimate of drug-likeness (QED) is 0.497. The lowest BCUT2D eigenvalue weighted by atomic mass is 10.1. The molecule has 5 nitrogen and oxygen atoms in total. The highest BCUT2D eigenvalue weighted by molar-refractivity contribution is 7.92. The van der Waals surface area contributed by atoms with E-state index in [9.17, 15) is 16.8 Å². The summed E-state index contributed by atoms with van der Waals surface area (Å²) in [7, 11) is -6.40. The SMILES string of the molecule is CC(C)(C)S(=O)(=O)CCCCCCCc1cccc(S(=O)(=O)N2CCCCC2)c1. The van der Waals surface area contributed by atoms with Gasteiger partial charge in [-0.1, -0.05) is 37.8 Å². The van der Waals surface area contributed by atoms with Crippen molar-refractivity contribution in [3.63, 3.8) is 0 Å². The first-order chi connectivity index (χ1) is 13.5. The summed E-state index contributed by atoms with van der Waals surface area (Å²) in [4.78, 5) is 0.407. The molecule has 1 aliphatic heterocycles. The smallest absolute Gasteiger partial charge is 0.228 e. The van der Waals surface area contributed by atoms with Gasteiger partial charge in [0.1, 0.15) is 0 Å². The van der Waals surface area contributed by atoms with Crippen molar-refractivity contribution in [2.75, 3.05) is 18.8 Å². The van der Waals surface area contributed by atoms with Crippen LogP contribution in [0.3, 0.4) is 0 Å². The summed E-state index contributed by atoms with van der Waals surface area (Å²) in [6.07, 6.45) is 8.48. The van der Waals surface area contributed by atoms with Crippen molar-refractivity contribution < 1.29 is 16.8 Å². The van der Waals surface area contributed by atoms with Gasteiger partial charge in [0.05, 0.1) is 15.4 Å². The van der Waals surface area contributed by atoms with E-state index >= 15 is 0 Å². The Labute approximate surface area is 177 Å². The Morgan fingerprint density at radius 3 is 2.14 bits per heavy atom. The van der Waals surface area contributed by atoms with E-state index in [4.69, 9.17) is 0 Å². The molecule has 1 aromatic rings. The Bertz CT molecular complexity index is 849. The van der Waals surface area contributed by atoms with E-state index in [1.54, 1.807) is 31.1 Å². The molecule has 0 aromatic heterocycles. The molecule has 1 heterocycles. The lowest BCUT2D eigenvalue weighted by molar-refractivity contribution is 0.346. The molecule has 7 heteroatoms. The van der Waals surface area contributed by atoms with E-state index < -0.39 is 24.6 Å². The number of sulfonamides is 1. The highest BCUT2D eigenvalue weighted by Gasteiger charge is 2.28. The second-order valence-electron chi connectivity index (χ2n) is 9.06. The van der Waals surface area contributed by atoms with E-state index in [-0.39, 0.29) is 5.75 Å². The standard InChI is InChI=1S/C22H37NO4S2/c1-22(2,3)28(24,25)18-11-6-4-5-8-13-20-14-12-15-21(19-20)29(26,27)23-16-9-7-10-17-23/h12,14-15,19H,4-11,13,16-18H2,1-3H3. The number of aryl methyl sites for hydroxylation is 1. The van der Waals surface area contributed by atoms with Crippen LogP contribution in [0.5, 0.6) is 0 Å². The maximum atomic E-state index is 12.8. The third kappa shape index (κ3) is 7.07. The maximum Gasteiger partial charge on any atom is 0.243 e. The number of sulfone groups is 1. The van der Waals surface area contributed by atoms with Gasteiger partial charge in [-0.15, -0.1) is 0 Å². The molecule has 1 aliphatic rings. The van der Waals surface area contributed by atoms with Gasteiger partial charge in [-0.25, -0.2) is 16.8 Å². The van der Waals surface area contributed by atoms with Gasteiger partial charge in [-0.05, 0) is 70.6 Å². The van der Waals surface area contributed by atoms with Crippen LogP contribution in [0.1, 0.15) is 77.7 Å². The van der Waals surface area contributed by atoms with Crippen molar-refractivity contribution in [1.82, 2.24) is 4.31 Å². The Kier molecular flexibility index (Phi) is 8.73. The van der Waals surface area contributed by atoms with Gasteiger partial charge in [-0.3, -0.25) is 0 Å². The fraction of sp³-hybridized carbons (Fsp3) is 0.727. The van der Waals surface area contributed by atoms with Crippen molar-refractivity contribution in [2.24, 2.45) is 0 Å².